The molecule has 12 nitrogen and oxygen atoms in total. The van der Waals surface area contributed by atoms with Crippen LogP contribution in [0.5, 0.6) is 11.5 Å². The first-order valence-corrected chi connectivity index (χ1v) is 16.4. The maximum absolute atomic E-state index is 13.4. The molecule has 13 heteroatoms. The summed E-state index contributed by atoms with van der Waals surface area (Å²) in [6, 6.07) is 17.9. The second-order valence-corrected chi connectivity index (χ2v) is 11.3. The first-order valence-electron chi connectivity index (χ1n) is 15.6. The molecular formula is C33H41N7O5S. The molecule has 0 saturated heterocycles. The topological polar surface area (TPSA) is 141 Å². The average Bonchev–Trinajstić information content (AvgIpc) is 3.80. The number of ether oxygens (including phenoxy) is 4. The fourth-order valence-corrected chi connectivity index (χ4v) is 5.77. The Kier molecular flexibility index (Phi) is 12.1. The highest BCUT2D eigenvalue weighted by Crippen LogP contribution is 2.29. The Bertz CT molecular complexity index is 1680. The molecule has 0 radical (unpaired) electrons. The Morgan fingerprint density at radius 2 is 1.67 bits per heavy atom. The lowest BCUT2D eigenvalue weighted by Crippen LogP contribution is -2.28. The van der Waals surface area contributed by atoms with Crippen molar-refractivity contribution < 1.29 is 23.7 Å². The predicted molar refractivity (Wildman–Crippen MR) is 178 cm³/mol. The molecule has 0 unspecified atom stereocenters. The zero-order chi connectivity index (χ0) is 32.1. The smallest absolute Gasteiger partial charge is 0.267 e. The van der Waals surface area contributed by atoms with Crippen molar-refractivity contribution in [3.05, 3.63) is 76.8 Å². The number of nitrogens with two attached hydrogens (primary N) is 1. The summed E-state index contributed by atoms with van der Waals surface area (Å²) >= 11 is 1.62. The fourth-order valence-electron chi connectivity index (χ4n) is 4.94. The molecule has 0 aliphatic heterocycles. The maximum atomic E-state index is 13.4. The van der Waals surface area contributed by atoms with Crippen molar-refractivity contribution in [1.82, 2.24) is 30.1 Å². The Balaban J connectivity index is 1.18. The van der Waals surface area contributed by atoms with Gasteiger partial charge in [-0.2, -0.15) is 4.80 Å². The Morgan fingerprint density at radius 3 is 2.46 bits per heavy atom. The lowest BCUT2D eigenvalue weighted by Gasteiger charge is -2.13. The van der Waals surface area contributed by atoms with E-state index in [1.165, 1.54) is 4.80 Å². The molecule has 1 amide bonds. The fraction of sp³-hybridized carbons (Fsp3) is 0.394. The van der Waals surface area contributed by atoms with Gasteiger partial charge in [0.25, 0.3) is 5.91 Å². The van der Waals surface area contributed by atoms with Crippen molar-refractivity contribution >= 4 is 27.5 Å². The Hall–Kier alpha value is -4.30. The second kappa shape index (κ2) is 16.9. The van der Waals surface area contributed by atoms with E-state index in [0.29, 0.717) is 83.8 Å². The summed E-state index contributed by atoms with van der Waals surface area (Å²) in [6.07, 6.45) is 0.671. The zero-order valence-electron chi connectivity index (χ0n) is 26.3. The van der Waals surface area contributed by atoms with Crippen molar-refractivity contribution in [3.8, 4) is 22.9 Å². The lowest BCUT2D eigenvalue weighted by atomic mass is 10.1. The van der Waals surface area contributed by atoms with Gasteiger partial charge in [-0.3, -0.25) is 4.79 Å². The lowest BCUT2D eigenvalue weighted by molar-refractivity contribution is 0.0456. The van der Waals surface area contributed by atoms with E-state index in [1.807, 2.05) is 67.8 Å². The minimum Gasteiger partial charge on any atom is -0.490 e. The first-order chi connectivity index (χ1) is 22.6. The summed E-state index contributed by atoms with van der Waals surface area (Å²) in [6.45, 7) is 9.04. The van der Waals surface area contributed by atoms with Crippen molar-refractivity contribution in [2.75, 3.05) is 52.7 Å². The molecule has 3 aromatic heterocycles. The number of rotatable bonds is 19. The van der Waals surface area contributed by atoms with Crippen LogP contribution in [0.1, 0.15) is 35.5 Å². The average molecular weight is 648 g/mol. The van der Waals surface area contributed by atoms with Gasteiger partial charge in [0.05, 0.1) is 56.4 Å². The number of nitrogens with zero attached hydrogens (tertiary/aromatic N) is 5. The van der Waals surface area contributed by atoms with E-state index < -0.39 is 0 Å². The van der Waals surface area contributed by atoms with E-state index in [4.69, 9.17) is 24.7 Å². The molecular weight excluding hydrogens is 606 g/mol. The summed E-state index contributed by atoms with van der Waals surface area (Å²) in [4.78, 5) is 14.9. The number of tetrazole rings is 1. The summed E-state index contributed by atoms with van der Waals surface area (Å²) < 4.78 is 25.4. The van der Waals surface area contributed by atoms with E-state index in [2.05, 4.69) is 31.4 Å². The number of amides is 1. The Morgan fingerprint density at radius 1 is 0.913 bits per heavy atom. The summed E-state index contributed by atoms with van der Waals surface area (Å²) in [5.41, 5.74) is 10.0. The van der Waals surface area contributed by atoms with Gasteiger partial charge in [0.1, 0.15) is 5.69 Å². The first kappa shape index (κ1) is 33.1. The number of nitrogens with one attached hydrogen (secondary N) is 1. The van der Waals surface area contributed by atoms with Gasteiger partial charge in [0.2, 0.25) is 5.82 Å². The van der Waals surface area contributed by atoms with Gasteiger partial charge < -0.3 is 34.6 Å². The van der Waals surface area contributed by atoms with Gasteiger partial charge in [-0.1, -0.05) is 30.3 Å². The molecule has 5 rings (SSSR count). The number of fused-ring (bicyclic) bond motifs is 1. The normalized spacial score (nSPS) is 11.3. The van der Waals surface area contributed by atoms with Crippen LogP contribution in [-0.2, 0) is 29.0 Å². The highest BCUT2D eigenvalue weighted by Gasteiger charge is 2.17. The molecule has 3 heterocycles. The standard InChI is InChI=1S/C33H41N7O5S/c1-3-44-29-10-7-24(21-30(29)45-4-2)11-14-35-33(41)28-22-31-27(12-20-46-31)39(28)23-25-5-8-26(9-6-25)32-36-38-40(37-32)15-17-43-19-18-42-16-13-34/h5-10,12,20-22H,3-4,11,13-19,23,34H2,1-2H3,(H,35,41). The van der Waals surface area contributed by atoms with Crippen LogP contribution in [0.3, 0.4) is 0 Å². The molecule has 0 aliphatic carbocycles. The minimum atomic E-state index is -0.108. The second-order valence-electron chi connectivity index (χ2n) is 10.4. The molecule has 46 heavy (non-hydrogen) atoms. The molecule has 0 atom stereocenters. The minimum absolute atomic E-state index is 0.108. The number of thiophene rings is 1. The van der Waals surface area contributed by atoms with Crippen LogP contribution < -0.4 is 20.5 Å². The van der Waals surface area contributed by atoms with Crippen LogP contribution in [0.4, 0.5) is 0 Å². The molecule has 5 aromatic rings. The van der Waals surface area contributed by atoms with E-state index in [1.54, 1.807) is 11.3 Å². The number of benzene rings is 2. The van der Waals surface area contributed by atoms with Crippen LogP contribution >= 0.6 is 11.3 Å². The van der Waals surface area contributed by atoms with Crippen molar-refractivity contribution in [2.24, 2.45) is 5.73 Å². The third kappa shape index (κ3) is 8.69. The van der Waals surface area contributed by atoms with Gasteiger partial charge in [-0.15, -0.1) is 21.5 Å². The van der Waals surface area contributed by atoms with Gasteiger partial charge in [-0.25, -0.2) is 0 Å². The highest BCUT2D eigenvalue weighted by atomic mass is 32.1. The van der Waals surface area contributed by atoms with E-state index in [9.17, 15) is 4.79 Å². The van der Waals surface area contributed by atoms with E-state index >= 15 is 0 Å². The van der Waals surface area contributed by atoms with Crippen molar-refractivity contribution in [1.29, 1.82) is 0 Å². The maximum Gasteiger partial charge on any atom is 0.267 e. The number of carbonyl (C=O) groups is 1. The molecule has 244 valence electrons. The number of carbonyl (C=O) groups excluding carboxylic acids is 1. The van der Waals surface area contributed by atoms with Gasteiger partial charge in [0, 0.05) is 25.2 Å². The van der Waals surface area contributed by atoms with Crippen LogP contribution in [0.15, 0.2) is 60.0 Å². The molecule has 0 spiro atoms. The molecule has 0 aliphatic rings. The van der Waals surface area contributed by atoms with E-state index in [-0.39, 0.29) is 5.91 Å². The third-order valence-electron chi connectivity index (χ3n) is 7.14. The monoisotopic (exact) mass is 647 g/mol. The molecule has 3 N–H and O–H groups in total. The quantitative estimate of drug-likeness (QED) is 0.126. The Labute approximate surface area is 272 Å². The molecule has 2 aromatic carbocycles. The summed E-state index contributed by atoms with van der Waals surface area (Å²) in [5.74, 6) is 1.89. The third-order valence-corrected chi connectivity index (χ3v) is 7.99. The molecule has 0 fully saturated rings. The van der Waals surface area contributed by atoms with Gasteiger partial charge >= 0.3 is 0 Å². The van der Waals surface area contributed by atoms with Gasteiger partial charge in [0.15, 0.2) is 11.5 Å². The SMILES string of the molecule is CCOc1ccc(CCNC(=O)c2cc3sccc3n2Cc2ccc(-c3nnn(CCOCCOCCN)n3)cc2)cc1OCC. The van der Waals surface area contributed by atoms with Crippen molar-refractivity contribution in [2.45, 2.75) is 33.4 Å². The number of hydrogen-bond acceptors (Lipinski definition) is 10. The van der Waals surface area contributed by atoms with Crippen LogP contribution in [0.25, 0.3) is 21.6 Å². The van der Waals surface area contributed by atoms with Crippen LogP contribution in [0.2, 0.25) is 0 Å². The summed E-state index contributed by atoms with van der Waals surface area (Å²) in [7, 11) is 0. The van der Waals surface area contributed by atoms with Crippen molar-refractivity contribution in [3.63, 3.8) is 0 Å². The highest BCUT2D eigenvalue weighted by molar-refractivity contribution is 7.17. The predicted octanol–water partition coefficient (Wildman–Crippen LogP) is 4.17. The van der Waals surface area contributed by atoms with Gasteiger partial charge in [-0.05, 0) is 66.3 Å². The number of hydrogen-bond donors (Lipinski definition) is 2. The summed E-state index contributed by atoms with van der Waals surface area (Å²) in [5, 5.41) is 18.0. The number of aromatic nitrogens is 5. The zero-order valence-corrected chi connectivity index (χ0v) is 27.1. The largest absolute Gasteiger partial charge is 0.490 e. The molecule has 0 saturated carbocycles. The van der Waals surface area contributed by atoms with Crippen LogP contribution in [-0.4, -0.2) is 83.4 Å². The van der Waals surface area contributed by atoms with Crippen LogP contribution in [0, 0.1) is 0 Å². The molecule has 0 bridgehead atoms. The van der Waals surface area contributed by atoms with E-state index in [0.717, 1.165) is 38.4 Å².